The van der Waals surface area contributed by atoms with Gasteiger partial charge in [0.25, 0.3) is 0 Å². The van der Waals surface area contributed by atoms with Crippen molar-refractivity contribution >= 4 is 17.4 Å². The highest BCUT2D eigenvalue weighted by molar-refractivity contribution is 6.17. The minimum atomic E-state index is -0.166. The van der Waals surface area contributed by atoms with Crippen molar-refractivity contribution in [2.45, 2.75) is 44.8 Å². The predicted octanol–water partition coefficient (Wildman–Crippen LogP) is 3.21. The van der Waals surface area contributed by atoms with Gasteiger partial charge in [0.2, 0.25) is 0 Å². The zero-order valence-electron chi connectivity index (χ0n) is 11.5. The van der Waals surface area contributed by atoms with Crippen molar-refractivity contribution in [1.29, 1.82) is 0 Å². The maximum atomic E-state index is 6.07. The van der Waals surface area contributed by atoms with Gasteiger partial charge in [0.15, 0.2) is 0 Å². The van der Waals surface area contributed by atoms with E-state index in [-0.39, 0.29) is 11.2 Å². The van der Waals surface area contributed by atoms with E-state index in [9.17, 15) is 0 Å². The van der Waals surface area contributed by atoms with Crippen molar-refractivity contribution in [3.05, 3.63) is 23.9 Å². The van der Waals surface area contributed by atoms with Crippen LogP contribution in [0.4, 0.5) is 5.82 Å². The fourth-order valence-corrected chi connectivity index (χ4v) is 2.83. The van der Waals surface area contributed by atoms with Crippen LogP contribution in [0.1, 0.15) is 33.3 Å². The highest BCUT2D eigenvalue weighted by Crippen LogP contribution is 2.30. The molecule has 1 saturated heterocycles. The molecule has 1 aliphatic heterocycles. The van der Waals surface area contributed by atoms with Gasteiger partial charge in [-0.1, -0.05) is 0 Å². The van der Waals surface area contributed by atoms with E-state index in [1.165, 1.54) is 0 Å². The van der Waals surface area contributed by atoms with Gasteiger partial charge in [-0.3, -0.25) is 0 Å². The van der Waals surface area contributed by atoms with Crippen molar-refractivity contribution < 1.29 is 4.74 Å². The van der Waals surface area contributed by atoms with E-state index < -0.39 is 0 Å². The standard InChI is InChI=1S/C14H21ClN2O/c1-13(2)9-17(10-14(3,4)18-13)12-7-11(8-15)5-6-16-12/h5-7H,8-10H2,1-4H3. The summed E-state index contributed by atoms with van der Waals surface area (Å²) >= 11 is 5.88. The number of anilines is 1. The maximum Gasteiger partial charge on any atom is 0.128 e. The highest BCUT2D eigenvalue weighted by Gasteiger charge is 2.38. The largest absolute Gasteiger partial charge is 0.366 e. The Morgan fingerprint density at radius 1 is 1.28 bits per heavy atom. The molecule has 2 rings (SSSR count). The molecule has 0 aromatic carbocycles. The van der Waals surface area contributed by atoms with Crippen molar-refractivity contribution in [2.75, 3.05) is 18.0 Å². The smallest absolute Gasteiger partial charge is 0.128 e. The second-order valence-electron chi connectivity index (χ2n) is 6.13. The molecule has 0 amide bonds. The Hall–Kier alpha value is -0.800. The minimum absolute atomic E-state index is 0.166. The van der Waals surface area contributed by atoms with E-state index >= 15 is 0 Å². The number of nitrogens with zero attached hydrogens (tertiary/aromatic N) is 2. The normalized spacial score (nSPS) is 21.9. The monoisotopic (exact) mass is 268 g/mol. The first-order chi connectivity index (χ1) is 8.31. The van der Waals surface area contributed by atoms with Crippen molar-refractivity contribution in [3.63, 3.8) is 0 Å². The summed E-state index contributed by atoms with van der Waals surface area (Å²) in [7, 11) is 0. The van der Waals surface area contributed by atoms with Crippen LogP contribution in [0.2, 0.25) is 0 Å². The van der Waals surface area contributed by atoms with Gasteiger partial charge in [0, 0.05) is 25.2 Å². The molecule has 4 heteroatoms. The van der Waals surface area contributed by atoms with Gasteiger partial charge in [-0.15, -0.1) is 11.6 Å². The van der Waals surface area contributed by atoms with Crippen LogP contribution in [0.25, 0.3) is 0 Å². The molecule has 0 spiro atoms. The first-order valence-electron chi connectivity index (χ1n) is 6.27. The molecule has 0 aliphatic carbocycles. The molecule has 1 fully saturated rings. The molecule has 0 N–H and O–H groups in total. The van der Waals surface area contributed by atoms with Crippen LogP contribution in [0, 0.1) is 0 Å². The summed E-state index contributed by atoms with van der Waals surface area (Å²) in [5.74, 6) is 1.50. The Labute approximate surface area is 114 Å². The number of aromatic nitrogens is 1. The SMILES string of the molecule is CC1(C)CN(c2cc(CCl)ccn2)CC(C)(C)O1. The number of ether oxygens (including phenoxy) is 1. The van der Waals surface area contributed by atoms with E-state index in [4.69, 9.17) is 16.3 Å². The van der Waals surface area contributed by atoms with Crippen LogP contribution in [0.5, 0.6) is 0 Å². The molecule has 0 saturated carbocycles. The number of hydrogen-bond donors (Lipinski definition) is 0. The quantitative estimate of drug-likeness (QED) is 0.770. The minimum Gasteiger partial charge on any atom is -0.366 e. The lowest BCUT2D eigenvalue weighted by molar-refractivity contribution is -0.133. The summed E-state index contributed by atoms with van der Waals surface area (Å²) in [5, 5.41) is 0. The van der Waals surface area contributed by atoms with Crippen molar-refractivity contribution in [1.82, 2.24) is 4.98 Å². The van der Waals surface area contributed by atoms with E-state index in [0.717, 1.165) is 24.5 Å². The molecule has 0 unspecified atom stereocenters. The van der Waals surface area contributed by atoms with Gasteiger partial charge in [-0.2, -0.15) is 0 Å². The Morgan fingerprint density at radius 2 is 1.89 bits per heavy atom. The second kappa shape index (κ2) is 4.71. The molecule has 0 bridgehead atoms. The maximum absolute atomic E-state index is 6.07. The summed E-state index contributed by atoms with van der Waals surface area (Å²) in [6, 6.07) is 4.01. The van der Waals surface area contributed by atoms with E-state index in [0.29, 0.717) is 5.88 Å². The Morgan fingerprint density at radius 3 is 2.44 bits per heavy atom. The third-order valence-corrected chi connectivity index (χ3v) is 3.29. The lowest BCUT2D eigenvalue weighted by Crippen LogP contribution is -2.57. The first kappa shape index (κ1) is 13.6. The molecule has 3 nitrogen and oxygen atoms in total. The van der Waals surface area contributed by atoms with Crippen LogP contribution in [0.3, 0.4) is 0 Å². The average Bonchev–Trinajstić information content (AvgIpc) is 2.25. The highest BCUT2D eigenvalue weighted by atomic mass is 35.5. The lowest BCUT2D eigenvalue weighted by atomic mass is 9.99. The number of rotatable bonds is 2. The van der Waals surface area contributed by atoms with Gasteiger partial charge in [-0.05, 0) is 45.4 Å². The third kappa shape index (κ3) is 3.15. The van der Waals surface area contributed by atoms with Crippen molar-refractivity contribution in [3.8, 4) is 0 Å². The molecule has 1 aromatic rings. The van der Waals surface area contributed by atoms with Crippen molar-refractivity contribution in [2.24, 2.45) is 0 Å². The summed E-state index contributed by atoms with van der Waals surface area (Å²) < 4.78 is 6.07. The lowest BCUT2D eigenvalue weighted by Gasteiger charge is -2.47. The molecule has 100 valence electrons. The molecule has 0 radical (unpaired) electrons. The number of morpholine rings is 1. The summed E-state index contributed by atoms with van der Waals surface area (Å²) in [4.78, 5) is 6.73. The Balaban J connectivity index is 2.26. The van der Waals surface area contributed by atoms with E-state index in [1.54, 1.807) is 0 Å². The van der Waals surface area contributed by atoms with Gasteiger partial charge in [0.1, 0.15) is 5.82 Å². The van der Waals surface area contributed by atoms with E-state index in [1.807, 2.05) is 12.3 Å². The Kier molecular flexibility index (Phi) is 3.56. The molecule has 1 aliphatic rings. The van der Waals surface area contributed by atoms with Crippen LogP contribution >= 0.6 is 11.6 Å². The summed E-state index contributed by atoms with van der Waals surface area (Å²) in [5.41, 5.74) is 0.768. The summed E-state index contributed by atoms with van der Waals surface area (Å²) in [6.07, 6.45) is 1.82. The van der Waals surface area contributed by atoms with Crippen LogP contribution in [-0.4, -0.2) is 29.3 Å². The Bertz CT molecular complexity index is 416. The average molecular weight is 269 g/mol. The fraction of sp³-hybridized carbons (Fsp3) is 0.643. The van der Waals surface area contributed by atoms with Gasteiger partial charge in [0.05, 0.1) is 11.2 Å². The number of hydrogen-bond acceptors (Lipinski definition) is 3. The molecule has 2 heterocycles. The van der Waals surface area contributed by atoms with Crippen LogP contribution < -0.4 is 4.90 Å². The van der Waals surface area contributed by atoms with E-state index in [2.05, 4.69) is 43.6 Å². The van der Waals surface area contributed by atoms with Gasteiger partial charge >= 0.3 is 0 Å². The number of alkyl halides is 1. The topological polar surface area (TPSA) is 25.4 Å². The zero-order valence-corrected chi connectivity index (χ0v) is 12.3. The molecule has 1 aromatic heterocycles. The molecule has 0 atom stereocenters. The van der Waals surface area contributed by atoms with Gasteiger partial charge in [-0.25, -0.2) is 4.98 Å². The van der Waals surface area contributed by atoms with Gasteiger partial charge < -0.3 is 9.64 Å². The third-order valence-electron chi connectivity index (χ3n) is 2.98. The molecule has 18 heavy (non-hydrogen) atoms. The molecular weight excluding hydrogens is 248 g/mol. The second-order valence-corrected chi connectivity index (χ2v) is 6.40. The fourth-order valence-electron chi connectivity index (χ4n) is 2.67. The summed E-state index contributed by atoms with van der Waals surface area (Å²) in [6.45, 7) is 10.2. The van der Waals surface area contributed by atoms with Crippen LogP contribution in [-0.2, 0) is 10.6 Å². The predicted molar refractivity (Wildman–Crippen MR) is 75.3 cm³/mol. The number of pyridine rings is 1. The first-order valence-corrected chi connectivity index (χ1v) is 6.81. The zero-order chi connectivity index (χ0) is 13.4. The number of halogens is 1. The molecular formula is C14H21ClN2O. The van der Waals surface area contributed by atoms with Crippen LogP contribution in [0.15, 0.2) is 18.3 Å².